The Hall–Kier alpha value is -0.120. The van der Waals surface area contributed by atoms with E-state index in [9.17, 15) is 0 Å². The largest absolute Gasteiger partial charge is 0.304 e. The zero-order valence-corrected chi connectivity index (χ0v) is 14.8. The fourth-order valence-electron chi connectivity index (χ4n) is 5.04. The maximum Gasteiger partial charge on any atom is 0.0113 e. The molecule has 0 radical (unpaired) electrons. The Morgan fingerprint density at radius 1 is 0.909 bits per heavy atom. The Morgan fingerprint density at radius 3 is 2.14 bits per heavy atom. The lowest BCUT2D eigenvalue weighted by Gasteiger charge is -2.55. The van der Waals surface area contributed by atoms with Gasteiger partial charge in [0.25, 0.3) is 0 Å². The summed E-state index contributed by atoms with van der Waals surface area (Å²) in [6.07, 6.45) is 10.4. The Balaban J connectivity index is 1.18. The first kappa shape index (κ1) is 15.4. The van der Waals surface area contributed by atoms with Crippen LogP contribution in [0.3, 0.4) is 0 Å². The van der Waals surface area contributed by atoms with Gasteiger partial charge in [-0.1, -0.05) is 6.92 Å². The van der Waals surface area contributed by atoms with Crippen LogP contribution in [0.2, 0.25) is 0 Å². The van der Waals surface area contributed by atoms with Gasteiger partial charge in [0.05, 0.1) is 0 Å². The molecule has 0 unspecified atom stereocenters. The molecule has 0 amide bonds. The minimum Gasteiger partial charge on any atom is -0.304 e. The molecule has 3 nitrogen and oxygen atoms in total. The molecule has 0 bridgehead atoms. The monoisotopic (exact) mass is 305 g/mol. The van der Waals surface area contributed by atoms with E-state index in [0.29, 0.717) is 0 Å². The molecule has 3 heteroatoms. The Kier molecular flexibility index (Phi) is 4.03. The molecule has 0 aromatic rings. The second-order valence-electron chi connectivity index (χ2n) is 9.34. The van der Waals surface area contributed by atoms with Gasteiger partial charge in [-0.25, -0.2) is 0 Å². The van der Waals surface area contributed by atoms with Crippen molar-refractivity contribution in [3.05, 3.63) is 0 Å². The molecule has 0 atom stereocenters. The lowest BCUT2D eigenvalue weighted by Crippen LogP contribution is -2.59. The summed E-state index contributed by atoms with van der Waals surface area (Å²) in [7, 11) is 2.26. The molecule has 2 aliphatic carbocycles. The van der Waals surface area contributed by atoms with Crippen LogP contribution in [0, 0.1) is 10.8 Å². The molecular formula is C19H35N3. The van der Waals surface area contributed by atoms with Crippen LogP contribution in [0.5, 0.6) is 0 Å². The quantitative estimate of drug-likeness (QED) is 0.790. The first-order valence-electron chi connectivity index (χ1n) is 9.71. The molecule has 0 N–H and O–H groups in total. The lowest BCUT2D eigenvalue weighted by atomic mass is 9.67. The molecule has 2 aliphatic heterocycles. The smallest absolute Gasteiger partial charge is 0.0113 e. The first-order valence-corrected chi connectivity index (χ1v) is 9.71. The van der Waals surface area contributed by atoms with Crippen molar-refractivity contribution in [2.75, 3.05) is 52.9 Å². The Bertz CT molecular complexity index is 379. The highest BCUT2D eigenvalue weighted by atomic mass is 15.3. The van der Waals surface area contributed by atoms with Crippen LogP contribution < -0.4 is 0 Å². The highest BCUT2D eigenvalue weighted by Crippen LogP contribution is 2.50. The summed E-state index contributed by atoms with van der Waals surface area (Å²) in [5.74, 6) is 0. The average Bonchev–Trinajstić information content (AvgIpc) is 3.23. The number of hydrogen-bond acceptors (Lipinski definition) is 3. The van der Waals surface area contributed by atoms with Crippen LogP contribution in [0.25, 0.3) is 0 Å². The van der Waals surface area contributed by atoms with Crippen LogP contribution in [0.15, 0.2) is 0 Å². The molecule has 0 aromatic heterocycles. The second kappa shape index (κ2) is 5.75. The number of likely N-dealkylation sites (tertiary alicyclic amines) is 1. The zero-order valence-electron chi connectivity index (χ0n) is 14.8. The lowest BCUT2D eigenvalue weighted by molar-refractivity contribution is -0.0508. The van der Waals surface area contributed by atoms with Crippen molar-refractivity contribution in [2.45, 2.75) is 57.9 Å². The zero-order chi connectivity index (χ0) is 15.2. The summed E-state index contributed by atoms with van der Waals surface area (Å²) < 4.78 is 0. The van der Waals surface area contributed by atoms with Crippen LogP contribution in [-0.2, 0) is 0 Å². The van der Waals surface area contributed by atoms with E-state index in [1.807, 2.05) is 0 Å². The van der Waals surface area contributed by atoms with Gasteiger partial charge in [0, 0.05) is 45.3 Å². The van der Waals surface area contributed by atoms with Gasteiger partial charge in [-0.2, -0.15) is 0 Å². The highest BCUT2D eigenvalue weighted by molar-refractivity contribution is 5.00. The molecule has 4 rings (SSSR count). The van der Waals surface area contributed by atoms with Gasteiger partial charge < -0.3 is 9.80 Å². The molecule has 22 heavy (non-hydrogen) atoms. The van der Waals surface area contributed by atoms with Crippen LogP contribution >= 0.6 is 0 Å². The predicted molar refractivity (Wildman–Crippen MR) is 92.2 cm³/mol. The molecule has 2 saturated carbocycles. The SMILES string of the molecule is CN1CCN(C2CCC3(CC2)CN(CCC2(C)CC2)C3)CC1. The minimum absolute atomic E-state index is 0.730. The predicted octanol–water partition coefficient (Wildman–Crippen LogP) is 2.67. The number of rotatable bonds is 4. The van der Waals surface area contributed by atoms with E-state index in [2.05, 4.69) is 28.7 Å². The standard InChI is InChI=1S/C19H35N3/c1-18(7-8-18)9-10-21-15-19(16-21)5-3-17(4-6-19)22-13-11-20(2)12-14-22/h17H,3-16H2,1-2H3. The molecule has 4 aliphatic rings. The third kappa shape index (κ3) is 3.22. The van der Waals surface area contributed by atoms with Crippen LogP contribution in [-0.4, -0.2) is 73.6 Å². The van der Waals surface area contributed by atoms with Gasteiger partial charge in [-0.05, 0) is 69.4 Å². The van der Waals surface area contributed by atoms with Crippen molar-refractivity contribution >= 4 is 0 Å². The summed E-state index contributed by atoms with van der Waals surface area (Å²) in [5, 5.41) is 0. The van der Waals surface area contributed by atoms with Gasteiger partial charge in [0.15, 0.2) is 0 Å². The average molecular weight is 306 g/mol. The minimum atomic E-state index is 0.730. The second-order valence-corrected chi connectivity index (χ2v) is 9.34. The van der Waals surface area contributed by atoms with E-state index in [-0.39, 0.29) is 0 Å². The van der Waals surface area contributed by atoms with Gasteiger partial charge in [-0.3, -0.25) is 4.90 Å². The van der Waals surface area contributed by atoms with E-state index < -0.39 is 0 Å². The Morgan fingerprint density at radius 2 is 1.55 bits per heavy atom. The number of likely N-dealkylation sites (N-methyl/N-ethyl adjacent to an activating group) is 1. The summed E-state index contributed by atoms with van der Waals surface area (Å²) in [4.78, 5) is 8.02. The summed E-state index contributed by atoms with van der Waals surface area (Å²) in [5.41, 5.74) is 1.47. The highest BCUT2D eigenvalue weighted by Gasteiger charge is 2.46. The van der Waals surface area contributed by atoms with Crippen molar-refractivity contribution in [3.63, 3.8) is 0 Å². The maximum absolute atomic E-state index is 2.79. The van der Waals surface area contributed by atoms with Crippen molar-refractivity contribution in [1.82, 2.24) is 14.7 Å². The molecular weight excluding hydrogens is 270 g/mol. The normalized spacial score (nSPS) is 33.0. The summed E-state index contributed by atoms with van der Waals surface area (Å²) >= 11 is 0. The van der Waals surface area contributed by atoms with Gasteiger partial charge in [-0.15, -0.1) is 0 Å². The van der Waals surface area contributed by atoms with Crippen LogP contribution in [0.4, 0.5) is 0 Å². The van der Waals surface area contributed by atoms with Crippen molar-refractivity contribution < 1.29 is 0 Å². The molecule has 2 saturated heterocycles. The van der Waals surface area contributed by atoms with Gasteiger partial charge in [0.2, 0.25) is 0 Å². The number of nitrogens with zero attached hydrogens (tertiary/aromatic N) is 3. The molecule has 4 fully saturated rings. The molecule has 2 heterocycles. The molecule has 126 valence electrons. The number of piperazine rings is 1. The van der Waals surface area contributed by atoms with E-state index in [0.717, 1.165) is 16.9 Å². The van der Waals surface area contributed by atoms with E-state index in [1.54, 1.807) is 0 Å². The topological polar surface area (TPSA) is 9.72 Å². The van der Waals surface area contributed by atoms with Gasteiger partial charge in [0.1, 0.15) is 0 Å². The van der Waals surface area contributed by atoms with E-state index in [4.69, 9.17) is 0 Å². The fourth-order valence-corrected chi connectivity index (χ4v) is 5.04. The first-order chi connectivity index (χ1) is 10.6. The fraction of sp³-hybridized carbons (Fsp3) is 1.00. The third-order valence-corrected chi connectivity index (χ3v) is 7.32. The maximum atomic E-state index is 2.79. The third-order valence-electron chi connectivity index (χ3n) is 7.32. The van der Waals surface area contributed by atoms with Crippen molar-refractivity contribution in [1.29, 1.82) is 0 Å². The summed E-state index contributed by atoms with van der Waals surface area (Å²) in [6, 6.07) is 0.902. The molecule has 0 aromatic carbocycles. The number of hydrogen-bond donors (Lipinski definition) is 0. The molecule has 1 spiro atoms. The van der Waals surface area contributed by atoms with E-state index >= 15 is 0 Å². The summed E-state index contributed by atoms with van der Waals surface area (Å²) in [6.45, 7) is 11.8. The van der Waals surface area contributed by atoms with Crippen molar-refractivity contribution in [3.8, 4) is 0 Å². The van der Waals surface area contributed by atoms with Gasteiger partial charge >= 0.3 is 0 Å². The van der Waals surface area contributed by atoms with E-state index in [1.165, 1.54) is 90.8 Å². The van der Waals surface area contributed by atoms with Crippen molar-refractivity contribution in [2.24, 2.45) is 10.8 Å². The Labute approximate surface area is 137 Å². The van der Waals surface area contributed by atoms with Crippen LogP contribution in [0.1, 0.15) is 51.9 Å².